The summed E-state index contributed by atoms with van der Waals surface area (Å²) in [6, 6.07) is 4.18. The standard InChI is InChI=1S/C27H43FS/c1-9-23-13-14-25(27(28)22(23)7)17-24(10-2)20(5)16-26-12-11-15-29(26,8)18-21(6)19(3)4/h13-14,18,20,24,26H,3,9-12,15-17H2,1-2,4-8H3/b21-18-/t20?,24?,26-/m1/s1. The molecule has 164 valence electrons. The predicted molar refractivity (Wildman–Crippen MR) is 132 cm³/mol. The molecular weight excluding hydrogens is 375 g/mol. The minimum absolute atomic E-state index is 0.0337. The number of aryl methyl sites for hydroxylation is 1. The summed E-state index contributed by atoms with van der Waals surface area (Å²) in [5, 5.41) is 3.38. The molecule has 0 radical (unpaired) electrons. The van der Waals surface area contributed by atoms with Gasteiger partial charge in [-0.1, -0.05) is 51.5 Å². The average Bonchev–Trinajstić information content (AvgIpc) is 3.02. The van der Waals surface area contributed by atoms with Gasteiger partial charge in [-0.15, -0.1) is 0 Å². The molecule has 1 aliphatic rings. The van der Waals surface area contributed by atoms with Crippen LogP contribution in [0, 0.1) is 24.6 Å². The zero-order chi connectivity index (χ0) is 21.8. The molecule has 1 aromatic carbocycles. The summed E-state index contributed by atoms with van der Waals surface area (Å²) >= 11 is 0. The average molecular weight is 419 g/mol. The van der Waals surface area contributed by atoms with Gasteiger partial charge in [0.2, 0.25) is 0 Å². The lowest BCUT2D eigenvalue weighted by Gasteiger charge is -2.38. The topological polar surface area (TPSA) is 0 Å². The fourth-order valence-corrected chi connectivity index (χ4v) is 8.90. The molecule has 29 heavy (non-hydrogen) atoms. The highest BCUT2D eigenvalue weighted by Crippen LogP contribution is 2.60. The second-order valence-electron chi connectivity index (χ2n) is 9.54. The Labute approximate surface area is 181 Å². The Hall–Kier alpha value is -1.02. The van der Waals surface area contributed by atoms with Gasteiger partial charge in [-0.05, 0) is 110 Å². The molecule has 1 aromatic rings. The van der Waals surface area contributed by atoms with Gasteiger partial charge in [0.1, 0.15) is 5.82 Å². The van der Waals surface area contributed by atoms with Crippen molar-refractivity contribution in [2.75, 3.05) is 12.0 Å². The first-order valence-electron chi connectivity index (χ1n) is 11.5. The van der Waals surface area contributed by atoms with Crippen molar-refractivity contribution in [3.63, 3.8) is 0 Å². The Morgan fingerprint density at radius 1 is 1.28 bits per heavy atom. The third-order valence-corrected chi connectivity index (χ3v) is 11.4. The molecule has 1 heterocycles. The van der Waals surface area contributed by atoms with Gasteiger partial charge in [0.25, 0.3) is 0 Å². The highest BCUT2D eigenvalue weighted by Gasteiger charge is 2.34. The largest absolute Gasteiger partial charge is 0.221 e. The van der Waals surface area contributed by atoms with Crippen molar-refractivity contribution in [2.24, 2.45) is 11.8 Å². The maximum Gasteiger partial charge on any atom is 0.129 e. The van der Waals surface area contributed by atoms with Gasteiger partial charge >= 0.3 is 0 Å². The molecule has 4 atom stereocenters. The molecule has 1 saturated heterocycles. The molecule has 3 unspecified atom stereocenters. The Bertz CT molecular complexity index is 747. The first kappa shape index (κ1) is 24.3. The van der Waals surface area contributed by atoms with Crippen molar-refractivity contribution in [3.05, 3.63) is 57.8 Å². The minimum Gasteiger partial charge on any atom is -0.221 e. The number of benzene rings is 1. The van der Waals surface area contributed by atoms with Crippen LogP contribution in [0.15, 0.2) is 35.3 Å². The van der Waals surface area contributed by atoms with E-state index in [0.717, 1.165) is 41.2 Å². The number of rotatable bonds is 9. The van der Waals surface area contributed by atoms with Crippen LogP contribution >= 0.6 is 10.0 Å². The lowest BCUT2D eigenvalue weighted by Crippen LogP contribution is -2.22. The van der Waals surface area contributed by atoms with E-state index < -0.39 is 10.0 Å². The third kappa shape index (κ3) is 5.78. The van der Waals surface area contributed by atoms with Gasteiger partial charge in [-0.2, -0.15) is 0 Å². The minimum atomic E-state index is -0.719. The second kappa shape index (κ2) is 10.3. The van der Waals surface area contributed by atoms with Crippen LogP contribution in [0.5, 0.6) is 0 Å². The quantitative estimate of drug-likeness (QED) is 0.353. The smallest absolute Gasteiger partial charge is 0.129 e. The normalized spacial score (nSPS) is 26.8. The molecule has 0 amide bonds. The van der Waals surface area contributed by atoms with Crippen LogP contribution in [0.3, 0.4) is 0 Å². The summed E-state index contributed by atoms with van der Waals surface area (Å²) < 4.78 is 14.9. The summed E-state index contributed by atoms with van der Waals surface area (Å²) in [6.45, 7) is 17.2. The SMILES string of the molecule is C=C(C)/C(C)=C\S1(C)CCC[C@@H]1CC(C)C(CC)Cc1ccc(CC)c(C)c1F. The summed E-state index contributed by atoms with van der Waals surface area (Å²) in [7, 11) is -0.719. The maximum absolute atomic E-state index is 14.9. The molecule has 0 spiro atoms. The van der Waals surface area contributed by atoms with E-state index in [1.807, 2.05) is 13.0 Å². The van der Waals surface area contributed by atoms with Crippen molar-refractivity contribution in [1.29, 1.82) is 0 Å². The number of hydrogen-bond acceptors (Lipinski definition) is 0. The molecule has 0 nitrogen and oxygen atoms in total. The van der Waals surface area contributed by atoms with E-state index in [9.17, 15) is 4.39 Å². The van der Waals surface area contributed by atoms with Crippen molar-refractivity contribution < 1.29 is 4.39 Å². The Morgan fingerprint density at radius 2 is 1.93 bits per heavy atom. The zero-order valence-electron chi connectivity index (χ0n) is 19.9. The third-order valence-electron chi connectivity index (χ3n) is 7.40. The summed E-state index contributed by atoms with van der Waals surface area (Å²) in [6.07, 6.45) is 9.39. The van der Waals surface area contributed by atoms with Crippen LogP contribution in [0.4, 0.5) is 4.39 Å². The predicted octanol–water partition coefficient (Wildman–Crippen LogP) is 8.37. The van der Waals surface area contributed by atoms with Crippen LogP contribution in [-0.2, 0) is 12.8 Å². The molecule has 0 aromatic heterocycles. The van der Waals surface area contributed by atoms with Gasteiger partial charge in [0.15, 0.2) is 0 Å². The van der Waals surface area contributed by atoms with Gasteiger partial charge in [-0.3, -0.25) is 0 Å². The van der Waals surface area contributed by atoms with Crippen LogP contribution < -0.4 is 0 Å². The summed E-state index contributed by atoms with van der Waals surface area (Å²) in [4.78, 5) is 0. The number of hydrogen-bond donors (Lipinski definition) is 0. The van der Waals surface area contributed by atoms with Crippen molar-refractivity contribution in [3.8, 4) is 0 Å². The molecule has 0 bridgehead atoms. The van der Waals surface area contributed by atoms with E-state index in [2.05, 4.69) is 58.9 Å². The fraction of sp³-hybridized carbons (Fsp3) is 0.630. The summed E-state index contributed by atoms with van der Waals surface area (Å²) in [5.74, 6) is 2.56. The monoisotopic (exact) mass is 418 g/mol. The molecule has 2 heteroatoms. The molecule has 0 aliphatic carbocycles. The van der Waals surface area contributed by atoms with E-state index in [1.54, 1.807) is 0 Å². The highest BCUT2D eigenvalue weighted by atomic mass is 32.3. The van der Waals surface area contributed by atoms with Gasteiger partial charge in [-0.25, -0.2) is 14.4 Å². The van der Waals surface area contributed by atoms with Gasteiger partial charge in [0.05, 0.1) is 0 Å². The molecule has 1 fully saturated rings. The van der Waals surface area contributed by atoms with Crippen molar-refractivity contribution in [2.45, 2.75) is 85.3 Å². The summed E-state index contributed by atoms with van der Waals surface area (Å²) in [5.41, 5.74) is 5.48. The van der Waals surface area contributed by atoms with E-state index in [1.165, 1.54) is 36.2 Å². The van der Waals surface area contributed by atoms with Crippen LogP contribution in [-0.4, -0.2) is 17.3 Å². The van der Waals surface area contributed by atoms with E-state index in [0.29, 0.717) is 11.8 Å². The molecule has 0 saturated carbocycles. The molecule has 0 N–H and O–H groups in total. The second-order valence-corrected chi connectivity index (χ2v) is 13.3. The van der Waals surface area contributed by atoms with E-state index >= 15 is 0 Å². The number of halogens is 1. The number of allylic oxidation sites excluding steroid dienone is 2. The first-order chi connectivity index (χ1) is 13.6. The Kier molecular flexibility index (Phi) is 8.64. The van der Waals surface area contributed by atoms with E-state index in [-0.39, 0.29) is 5.82 Å². The lowest BCUT2D eigenvalue weighted by atomic mass is 9.82. The van der Waals surface area contributed by atoms with Gasteiger partial charge in [0, 0.05) is 0 Å². The first-order valence-corrected chi connectivity index (χ1v) is 13.8. The van der Waals surface area contributed by atoms with Crippen LogP contribution in [0.25, 0.3) is 0 Å². The zero-order valence-corrected chi connectivity index (χ0v) is 20.7. The Morgan fingerprint density at radius 3 is 2.52 bits per heavy atom. The highest BCUT2D eigenvalue weighted by molar-refractivity contribution is 8.36. The Balaban J connectivity index is 2.14. The van der Waals surface area contributed by atoms with Crippen molar-refractivity contribution >= 4 is 10.0 Å². The molecular formula is C27H43FS. The lowest BCUT2D eigenvalue weighted by molar-refractivity contribution is 0.318. The molecule has 2 rings (SSSR count). The fourth-order valence-electron chi connectivity index (χ4n) is 5.01. The van der Waals surface area contributed by atoms with Crippen LogP contribution in [0.2, 0.25) is 0 Å². The van der Waals surface area contributed by atoms with Crippen molar-refractivity contribution in [1.82, 2.24) is 0 Å². The van der Waals surface area contributed by atoms with Crippen LogP contribution in [0.1, 0.15) is 77.0 Å². The van der Waals surface area contributed by atoms with Gasteiger partial charge < -0.3 is 0 Å². The van der Waals surface area contributed by atoms with E-state index in [4.69, 9.17) is 0 Å². The maximum atomic E-state index is 14.9. The molecule has 1 aliphatic heterocycles.